The van der Waals surface area contributed by atoms with Gasteiger partial charge in [0.25, 0.3) is 5.91 Å². The quantitative estimate of drug-likeness (QED) is 0.863. The van der Waals surface area contributed by atoms with Crippen LogP contribution in [0.4, 0.5) is 0 Å². The Kier molecular flexibility index (Phi) is 5.66. The highest BCUT2D eigenvalue weighted by atomic mass is 79.9. The van der Waals surface area contributed by atoms with Crippen LogP contribution in [0.3, 0.4) is 0 Å². The normalized spacial score (nSPS) is 15.8. The molecule has 0 unspecified atom stereocenters. The van der Waals surface area contributed by atoms with Gasteiger partial charge >= 0.3 is 0 Å². The summed E-state index contributed by atoms with van der Waals surface area (Å²) in [5.41, 5.74) is 0.721. The van der Waals surface area contributed by atoms with Crippen LogP contribution < -0.4 is 0 Å². The van der Waals surface area contributed by atoms with Gasteiger partial charge in [-0.25, -0.2) is 0 Å². The Labute approximate surface area is 128 Å². The molecule has 1 aromatic heterocycles. The van der Waals surface area contributed by atoms with Crippen LogP contribution in [-0.4, -0.2) is 39.7 Å². The van der Waals surface area contributed by atoms with Crippen LogP contribution in [0.2, 0.25) is 0 Å². The summed E-state index contributed by atoms with van der Waals surface area (Å²) in [6.07, 6.45) is 7.43. The monoisotopic (exact) mass is 342 g/mol. The van der Waals surface area contributed by atoms with E-state index in [0.29, 0.717) is 12.6 Å². The molecule has 2 rings (SSSR count). The zero-order valence-corrected chi connectivity index (χ0v) is 13.6. The molecule has 1 aliphatic rings. The minimum absolute atomic E-state index is 0.0257. The molecule has 0 aromatic carbocycles. The summed E-state index contributed by atoms with van der Waals surface area (Å²) in [5.74, 6) is 0.0464. The molecule has 1 saturated carbocycles. The average Bonchev–Trinajstić information content (AvgIpc) is 3.05. The number of aromatic nitrogens is 1. The Bertz CT molecular complexity index is 453. The van der Waals surface area contributed by atoms with Gasteiger partial charge in [0, 0.05) is 29.8 Å². The number of aliphatic hydroxyl groups is 1. The highest BCUT2D eigenvalue weighted by Crippen LogP contribution is 2.26. The zero-order chi connectivity index (χ0) is 14.5. The third-order valence-electron chi connectivity index (χ3n) is 3.91. The smallest absolute Gasteiger partial charge is 0.270 e. The van der Waals surface area contributed by atoms with Gasteiger partial charge in [0.05, 0.1) is 6.61 Å². The lowest BCUT2D eigenvalue weighted by Crippen LogP contribution is -2.41. The number of hydrogen-bond donors (Lipinski definition) is 1. The molecule has 5 heteroatoms. The maximum atomic E-state index is 12.8. The van der Waals surface area contributed by atoms with E-state index in [1.807, 2.05) is 21.7 Å². The standard InChI is InChI=1S/C15H23BrN2O2/c1-2-7-17-11-12(16)10-14(17)15(20)18(8-9-19)13-5-3-4-6-13/h10-11,13,19H,2-9H2,1H3. The zero-order valence-electron chi connectivity index (χ0n) is 12.0. The molecule has 0 atom stereocenters. The van der Waals surface area contributed by atoms with Gasteiger partial charge < -0.3 is 14.6 Å². The number of nitrogens with zero attached hydrogens (tertiary/aromatic N) is 2. The van der Waals surface area contributed by atoms with E-state index in [0.717, 1.165) is 36.0 Å². The van der Waals surface area contributed by atoms with Gasteiger partial charge in [-0.2, -0.15) is 0 Å². The van der Waals surface area contributed by atoms with Crippen molar-refractivity contribution in [3.63, 3.8) is 0 Å². The number of aliphatic hydroxyl groups excluding tert-OH is 1. The summed E-state index contributed by atoms with van der Waals surface area (Å²) in [5, 5.41) is 9.26. The van der Waals surface area contributed by atoms with E-state index in [1.54, 1.807) is 0 Å². The van der Waals surface area contributed by atoms with Gasteiger partial charge in [0.1, 0.15) is 5.69 Å². The number of carbonyl (C=O) groups excluding carboxylic acids is 1. The maximum absolute atomic E-state index is 12.8. The number of hydrogen-bond acceptors (Lipinski definition) is 2. The fraction of sp³-hybridized carbons (Fsp3) is 0.667. The molecule has 1 amide bonds. The molecule has 4 nitrogen and oxygen atoms in total. The van der Waals surface area contributed by atoms with E-state index in [-0.39, 0.29) is 12.5 Å². The molecule has 20 heavy (non-hydrogen) atoms. The van der Waals surface area contributed by atoms with Crippen LogP contribution in [0.1, 0.15) is 49.5 Å². The van der Waals surface area contributed by atoms with Crippen molar-refractivity contribution in [1.29, 1.82) is 0 Å². The summed E-state index contributed by atoms with van der Waals surface area (Å²) in [6, 6.07) is 2.18. The van der Waals surface area contributed by atoms with Crippen molar-refractivity contribution >= 4 is 21.8 Å². The Balaban J connectivity index is 2.21. The molecule has 1 heterocycles. The molecule has 112 valence electrons. The van der Waals surface area contributed by atoms with Crippen LogP contribution in [0.25, 0.3) is 0 Å². The molecule has 1 fully saturated rings. The van der Waals surface area contributed by atoms with E-state index < -0.39 is 0 Å². The van der Waals surface area contributed by atoms with E-state index in [4.69, 9.17) is 0 Å². The Hall–Kier alpha value is -0.810. The molecule has 0 aliphatic heterocycles. The fourth-order valence-corrected chi connectivity index (χ4v) is 3.46. The van der Waals surface area contributed by atoms with Crippen molar-refractivity contribution in [2.24, 2.45) is 0 Å². The minimum Gasteiger partial charge on any atom is -0.395 e. The van der Waals surface area contributed by atoms with Gasteiger partial charge in [-0.05, 0) is 41.3 Å². The van der Waals surface area contributed by atoms with Crippen LogP contribution in [0.15, 0.2) is 16.7 Å². The molecule has 1 N–H and O–H groups in total. The lowest BCUT2D eigenvalue weighted by molar-refractivity contribution is 0.0627. The Morgan fingerprint density at radius 1 is 1.50 bits per heavy atom. The van der Waals surface area contributed by atoms with Gasteiger partial charge in [0.2, 0.25) is 0 Å². The predicted molar refractivity (Wildman–Crippen MR) is 82.8 cm³/mol. The van der Waals surface area contributed by atoms with E-state index in [9.17, 15) is 9.90 Å². The third kappa shape index (κ3) is 3.44. The number of halogens is 1. The third-order valence-corrected chi connectivity index (χ3v) is 4.35. The number of rotatable bonds is 6. The molecule has 0 spiro atoms. The molecule has 0 radical (unpaired) electrons. The second kappa shape index (κ2) is 7.27. The SMILES string of the molecule is CCCn1cc(Br)cc1C(=O)N(CCO)C1CCCC1. The molecular formula is C15H23BrN2O2. The van der Waals surface area contributed by atoms with Crippen LogP contribution in [-0.2, 0) is 6.54 Å². The second-order valence-corrected chi connectivity index (χ2v) is 6.31. The Morgan fingerprint density at radius 3 is 2.80 bits per heavy atom. The fourth-order valence-electron chi connectivity index (χ4n) is 3.00. The lowest BCUT2D eigenvalue weighted by Gasteiger charge is -2.28. The second-order valence-electron chi connectivity index (χ2n) is 5.40. The summed E-state index contributed by atoms with van der Waals surface area (Å²) < 4.78 is 2.94. The van der Waals surface area contributed by atoms with E-state index in [2.05, 4.69) is 22.9 Å². The minimum atomic E-state index is 0.0257. The van der Waals surface area contributed by atoms with Gasteiger partial charge in [-0.3, -0.25) is 4.79 Å². The summed E-state index contributed by atoms with van der Waals surface area (Å²) >= 11 is 3.45. The molecule has 1 aromatic rings. The number of amides is 1. The van der Waals surface area contributed by atoms with Crippen molar-refractivity contribution < 1.29 is 9.90 Å². The van der Waals surface area contributed by atoms with Gasteiger partial charge in [0.15, 0.2) is 0 Å². The first kappa shape index (κ1) is 15.6. The molecule has 0 saturated heterocycles. The average molecular weight is 343 g/mol. The van der Waals surface area contributed by atoms with Crippen LogP contribution >= 0.6 is 15.9 Å². The molecule has 1 aliphatic carbocycles. The summed E-state index contributed by atoms with van der Waals surface area (Å²) in [4.78, 5) is 14.7. The number of aryl methyl sites for hydroxylation is 1. The first-order valence-corrected chi connectivity index (χ1v) is 8.24. The molecular weight excluding hydrogens is 320 g/mol. The highest BCUT2D eigenvalue weighted by Gasteiger charge is 2.28. The topological polar surface area (TPSA) is 45.5 Å². The van der Waals surface area contributed by atoms with Crippen molar-refractivity contribution in [1.82, 2.24) is 9.47 Å². The largest absolute Gasteiger partial charge is 0.395 e. The van der Waals surface area contributed by atoms with Gasteiger partial charge in [-0.1, -0.05) is 19.8 Å². The summed E-state index contributed by atoms with van der Waals surface area (Å²) in [6.45, 7) is 3.39. The van der Waals surface area contributed by atoms with Crippen molar-refractivity contribution in [3.8, 4) is 0 Å². The number of carbonyl (C=O) groups is 1. The maximum Gasteiger partial charge on any atom is 0.270 e. The van der Waals surface area contributed by atoms with Crippen molar-refractivity contribution in [3.05, 3.63) is 22.4 Å². The van der Waals surface area contributed by atoms with Gasteiger partial charge in [-0.15, -0.1) is 0 Å². The van der Waals surface area contributed by atoms with Crippen molar-refractivity contribution in [2.45, 2.75) is 51.6 Å². The first-order chi connectivity index (χ1) is 9.67. The lowest BCUT2D eigenvalue weighted by atomic mass is 10.2. The van der Waals surface area contributed by atoms with E-state index >= 15 is 0 Å². The predicted octanol–water partition coefficient (Wildman–Crippen LogP) is 3.04. The Morgan fingerprint density at radius 2 is 2.20 bits per heavy atom. The first-order valence-electron chi connectivity index (χ1n) is 7.45. The summed E-state index contributed by atoms with van der Waals surface area (Å²) in [7, 11) is 0. The van der Waals surface area contributed by atoms with Crippen LogP contribution in [0, 0.1) is 0 Å². The van der Waals surface area contributed by atoms with E-state index in [1.165, 1.54) is 12.8 Å². The van der Waals surface area contributed by atoms with Crippen LogP contribution in [0.5, 0.6) is 0 Å². The highest BCUT2D eigenvalue weighted by molar-refractivity contribution is 9.10. The molecule has 0 bridgehead atoms. The van der Waals surface area contributed by atoms with Crippen molar-refractivity contribution in [2.75, 3.05) is 13.2 Å².